The first-order chi connectivity index (χ1) is 17.3. The molecule has 0 radical (unpaired) electrons. The molecule has 0 saturated heterocycles. The van der Waals surface area contributed by atoms with Gasteiger partial charge in [0.05, 0.1) is 13.0 Å². The van der Waals surface area contributed by atoms with Crippen LogP contribution in [-0.4, -0.2) is 35.0 Å². The van der Waals surface area contributed by atoms with Gasteiger partial charge in [-0.05, 0) is 85.2 Å². The minimum atomic E-state index is -0.795. The van der Waals surface area contributed by atoms with Gasteiger partial charge in [0.1, 0.15) is 36.1 Å². The lowest BCUT2D eigenvalue weighted by Gasteiger charge is -2.18. The molecule has 2 aliphatic rings. The summed E-state index contributed by atoms with van der Waals surface area (Å²) in [5.41, 5.74) is 7.45. The first-order valence-corrected chi connectivity index (χ1v) is 12.4. The number of fused-ring (bicyclic) bond motifs is 1. The fourth-order valence-corrected chi connectivity index (χ4v) is 5.47. The highest BCUT2D eigenvalue weighted by molar-refractivity contribution is 5.75. The molecule has 36 heavy (non-hydrogen) atoms. The van der Waals surface area contributed by atoms with Gasteiger partial charge in [-0.2, -0.15) is 0 Å². The van der Waals surface area contributed by atoms with Gasteiger partial charge in [-0.3, -0.25) is 4.79 Å². The SMILES string of the molecule is Cc1cc(OCCO)cc(C)c1-c1cccc(COc2ccc3c(c2)OC2(CC2)[C@@H]3CC(=O)O)c1C. The molecule has 0 bridgehead atoms. The van der Waals surface area contributed by atoms with Crippen LogP contribution in [0.5, 0.6) is 17.2 Å². The Morgan fingerprint density at radius 2 is 1.78 bits per heavy atom. The van der Waals surface area contributed by atoms with E-state index in [-0.39, 0.29) is 31.2 Å². The number of aliphatic hydroxyl groups is 1. The van der Waals surface area contributed by atoms with Crippen LogP contribution in [0, 0.1) is 20.8 Å². The third-order valence-electron chi connectivity index (χ3n) is 7.41. The van der Waals surface area contributed by atoms with Crippen LogP contribution in [0.2, 0.25) is 0 Å². The predicted octanol–water partition coefficient (Wildman–Crippen LogP) is 5.71. The van der Waals surface area contributed by atoms with Crippen LogP contribution in [0.15, 0.2) is 48.5 Å². The fourth-order valence-electron chi connectivity index (χ4n) is 5.47. The molecule has 0 amide bonds. The van der Waals surface area contributed by atoms with E-state index >= 15 is 0 Å². The van der Waals surface area contributed by atoms with Crippen LogP contribution in [0.1, 0.15) is 53.0 Å². The second-order valence-corrected chi connectivity index (χ2v) is 9.90. The van der Waals surface area contributed by atoms with Gasteiger partial charge in [-0.25, -0.2) is 0 Å². The van der Waals surface area contributed by atoms with Gasteiger partial charge in [-0.1, -0.05) is 24.3 Å². The lowest BCUT2D eigenvalue weighted by Crippen LogP contribution is -2.22. The molecule has 2 N–H and O–H groups in total. The van der Waals surface area contributed by atoms with Crippen molar-refractivity contribution in [1.29, 1.82) is 0 Å². The van der Waals surface area contributed by atoms with Crippen LogP contribution >= 0.6 is 0 Å². The van der Waals surface area contributed by atoms with Gasteiger partial charge in [0, 0.05) is 17.5 Å². The number of carbonyl (C=O) groups is 1. The van der Waals surface area contributed by atoms with E-state index in [0.717, 1.165) is 57.7 Å². The summed E-state index contributed by atoms with van der Waals surface area (Å²) in [5.74, 6) is 1.33. The Balaban J connectivity index is 1.35. The Kier molecular flexibility index (Phi) is 6.39. The van der Waals surface area contributed by atoms with E-state index < -0.39 is 5.97 Å². The van der Waals surface area contributed by atoms with Gasteiger partial charge < -0.3 is 24.4 Å². The molecule has 1 spiro atoms. The van der Waals surface area contributed by atoms with Crippen molar-refractivity contribution >= 4 is 5.97 Å². The summed E-state index contributed by atoms with van der Waals surface area (Å²) in [6.07, 6.45) is 1.89. The van der Waals surface area contributed by atoms with E-state index in [4.69, 9.17) is 19.3 Å². The third kappa shape index (κ3) is 4.53. The average molecular weight is 489 g/mol. The topological polar surface area (TPSA) is 85.2 Å². The average Bonchev–Trinajstić information content (AvgIpc) is 3.55. The van der Waals surface area contributed by atoms with Crippen LogP contribution in [0.3, 0.4) is 0 Å². The summed E-state index contributed by atoms with van der Waals surface area (Å²) in [7, 11) is 0. The normalized spacial score (nSPS) is 16.9. The molecule has 1 saturated carbocycles. The largest absolute Gasteiger partial charge is 0.491 e. The maximum absolute atomic E-state index is 11.4. The van der Waals surface area contributed by atoms with E-state index in [1.165, 1.54) is 5.56 Å². The van der Waals surface area contributed by atoms with Crippen molar-refractivity contribution in [2.24, 2.45) is 0 Å². The maximum atomic E-state index is 11.4. The molecule has 1 heterocycles. The number of hydrogen-bond acceptors (Lipinski definition) is 5. The van der Waals surface area contributed by atoms with Gasteiger partial charge >= 0.3 is 5.97 Å². The number of ether oxygens (including phenoxy) is 3. The fraction of sp³-hybridized carbons (Fsp3) is 0.367. The molecule has 3 aromatic carbocycles. The number of rotatable bonds is 9. The van der Waals surface area contributed by atoms with E-state index in [1.54, 1.807) is 0 Å². The summed E-state index contributed by atoms with van der Waals surface area (Å²) < 4.78 is 18.0. The molecule has 6 nitrogen and oxygen atoms in total. The van der Waals surface area contributed by atoms with Gasteiger partial charge in [0.25, 0.3) is 0 Å². The Morgan fingerprint density at radius 3 is 2.44 bits per heavy atom. The predicted molar refractivity (Wildman–Crippen MR) is 137 cm³/mol. The van der Waals surface area contributed by atoms with Crippen molar-refractivity contribution in [2.75, 3.05) is 13.2 Å². The van der Waals surface area contributed by atoms with Crippen LogP contribution < -0.4 is 14.2 Å². The molecule has 188 valence electrons. The molecule has 5 rings (SSSR count). The zero-order chi connectivity index (χ0) is 25.4. The highest BCUT2D eigenvalue weighted by Crippen LogP contribution is 2.59. The number of hydrogen-bond donors (Lipinski definition) is 2. The molecular weight excluding hydrogens is 456 g/mol. The summed E-state index contributed by atoms with van der Waals surface area (Å²) in [6, 6.07) is 16.0. The quantitative estimate of drug-likeness (QED) is 0.401. The zero-order valence-electron chi connectivity index (χ0n) is 21.0. The monoisotopic (exact) mass is 488 g/mol. The van der Waals surface area contributed by atoms with Crippen LogP contribution in [-0.2, 0) is 11.4 Å². The lowest BCUT2D eigenvalue weighted by molar-refractivity contribution is -0.138. The Hall–Kier alpha value is -3.51. The second kappa shape index (κ2) is 9.51. The second-order valence-electron chi connectivity index (χ2n) is 9.90. The maximum Gasteiger partial charge on any atom is 0.304 e. The number of benzene rings is 3. The van der Waals surface area contributed by atoms with Crippen LogP contribution in [0.4, 0.5) is 0 Å². The highest BCUT2D eigenvalue weighted by Gasteiger charge is 2.57. The minimum Gasteiger partial charge on any atom is -0.491 e. The van der Waals surface area contributed by atoms with Gasteiger partial charge in [-0.15, -0.1) is 0 Å². The standard InChI is InChI=1S/C30H32O6/c1-18-13-23(34-12-11-31)14-19(2)29(18)24-6-4-5-21(20(24)3)17-35-22-7-8-25-26(16-28(32)33)30(9-10-30)36-27(25)15-22/h4-8,13-15,26,31H,9-12,16-17H2,1-3H3,(H,32,33)/t26-/m1/s1. The number of aliphatic carboxylic acids is 1. The van der Waals surface area contributed by atoms with E-state index in [9.17, 15) is 9.90 Å². The number of aryl methyl sites for hydroxylation is 2. The third-order valence-corrected chi connectivity index (χ3v) is 7.41. The van der Waals surface area contributed by atoms with Gasteiger partial charge in [0.2, 0.25) is 0 Å². The summed E-state index contributed by atoms with van der Waals surface area (Å²) >= 11 is 0. The van der Waals surface area contributed by atoms with E-state index in [0.29, 0.717) is 12.4 Å². The van der Waals surface area contributed by atoms with Crippen molar-refractivity contribution in [3.05, 3.63) is 76.3 Å². The first-order valence-electron chi connectivity index (χ1n) is 12.4. The Morgan fingerprint density at radius 1 is 1.03 bits per heavy atom. The molecule has 3 aromatic rings. The zero-order valence-corrected chi connectivity index (χ0v) is 21.0. The summed E-state index contributed by atoms with van der Waals surface area (Å²) in [6.45, 7) is 6.94. The summed E-state index contributed by atoms with van der Waals surface area (Å²) in [5, 5.41) is 18.4. The molecule has 0 aromatic heterocycles. The highest BCUT2D eigenvalue weighted by atomic mass is 16.5. The number of aliphatic hydroxyl groups excluding tert-OH is 1. The molecule has 1 aliphatic carbocycles. The van der Waals surface area contributed by atoms with E-state index in [1.807, 2.05) is 30.3 Å². The van der Waals surface area contributed by atoms with Crippen molar-refractivity contribution in [1.82, 2.24) is 0 Å². The van der Waals surface area contributed by atoms with Crippen LogP contribution in [0.25, 0.3) is 11.1 Å². The summed E-state index contributed by atoms with van der Waals surface area (Å²) in [4.78, 5) is 11.4. The molecule has 0 unspecified atom stereocenters. The first kappa shape index (κ1) is 24.2. The van der Waals surface area contributed by atoms with Gasteiger partial charge in [0.15, 0.2) is 0 Å². The molecule has 1 fully saturated rings. The minimum absolute atomic E-state index is 0.0128. The lowest BCUT2D eigenvalue weighted by atomic mass is 9.90. The Bertz CT molecular complexity index is 1280. The number of carboxylic acid groups (broad SMARTS) is 1. The van der Waals surface area contributed by atoms with Crippen molar-refractivity contribution in [3.63, 3.8) is 0 Å². The molecule has 1 atom stereocenters. The molecular formula is C30H32O6. The van der Waals surface area contributed by atoms with E-state index in [2.05, 4.69) is 39.0 Å². The van der Waals surface area contributed by atoms with Crippen molar-refractivity contribution < 1.29 is 29.2 Å². The molecule has 1 aliphatic heterocycles. The van der Waals surface area contributed by atoms with Crippen molar-refractivity contribution in [2.45, 2.75) is 58.2 Å². The number of carboxylic acids is 1. The Labute approximate surface area is 211 Å². The molecule has 6 heteroatoms. The smallest absolute Gasteiger partial charge is 0.304 e. The van der Waals surface area contributed by atoms with Crippen molar-refractivity contribution in [3.8, 4) is 28.4 Å².